The summed E-state index contributed by atoms with van der Waals surface area (Å²) in [5, 5.41) is 10.2. The van der Waals surface area contributed by atoms with E-state index in [1.165, 1.54) is 28.6 Å². The van der Waals surface area contributed by atoms with Crippen molar-refractivity contribution in [2.45, 2.75) is 45.4 Å². The van der Waals surface area contributed by atoms with Gasteiger partial charge in [-0.25, -0.2) is 4.79 Å². The summed E-state index contributed by atoms with van der Waals surface area (Å²) in [5.74, 6) is -0.679. The molecule has 0 saturated heterocycles. The number of benzene rings is 2. The average Bonchev–Trinajstić information content (AvgIpc) is 3.19. The zero-order chi connectivity index (χ0) is 26.1. The molecule has 0 bridgehead atoms. The summed E-state index contributed by atoms with van der Waals surface area (Å²) < 4.78 is 7.16. The number of carbonyl (C=O) groups is 1. The van der Waals surface area contributed by atoms with Crippen LogP contribution in [-0.2, 0) is 9.53 Å². The number of hydrogen-bond acceptors (Lipinski definition) is 6. The van der Waals surface area contributed by atoms with Crippen LogP contribution >= 0.6 is 11.3 Å². The highest BCUT2D eigenvalue weighted by atomic mass is 32.1. The van der Waals surface area contributed by atoms with Crippen LogP contribution in [0.5, 0.6) is 0 Å². The fourth-order valence-electron chi connectivity index (χ4n) is 4.40. The summed E-state index contributed by atoms with van der Waals surface area (Å²) >= 11 is 1.20. The number of methoxy groups -OCH3 is 1. The molecule has 2 N–H and O–H groups in total. The number of esters is 1. The number of carbonyl (C=O) groups excluding carboxylic acids is 1. The molecule has 3 aromatic rings. The molecule has 1 aliphatic heterocycles. The Labute approximate surface area is 214 Å². The number of nitrogens with zero attached hydrogens (tertiary/aromatic N) is 2. The molecule has 184 valence electrons. The van der Waals surface area contributed by atoms with Crippen molar-refractivity contribution < 1.29 is 9.53 Å². The molecule has 0 saturated carbocycles. The summed E-state index contributed by atoms with van der Waals surface area (Å²) in [6, 6.07) is 18.0. The van der Waals surface area contributed by atoms with Crippen LogP contribution in [0.15, 0.2) is 58.9 Å². The molecule has 1 aromatic heterocycles. The van der Waals surface area contributed by atoms with Crippen LogP contribution in [-0.4, -0.2) is 17.6 Å². The van der Waals surface area contributed by atoms with E-state index < -0.39 is 11.9 Å². The lowest BCUT2D eigenvalue weighted by Crippen LogP contribution is -2.40. The molecule has 0 unspecified atom stereocenters. The molecule has 0 amide bonds. The largest absolute Gasteiger partial charge is 0.466 e. The molecule has 7 heteroatoms. The second-order valence-electron chi connectivity index (χ2n) is 9.45. The minimum absolute atomic E-state index is 0.00941. The quantitative estimate of drug-likeness (QED) is 0.539. The number of nitriles is 1. The fraction of sp³-hybridized carbons (Fsp3) is 0.276. The van der Waals surface area contributed by atoms with E-state index in [2.05, 4.69) is 33.8 Å². The van der Waals surface area contributed by atoms with Gasteiger partial charge in [-0.3, -0.25) is 9.36 Å². The Balaban J connectivity index is 1.98. The second-order valence-corrected chi connectivity index (χ2v) is 10.5. The van der Waals surface area contributed by atoms with Gasteiger partial charge < -0.3 is 10.5 Å². The van der Waals surface area contributed by atoms with Gasteiger partial charge in [0, 0.05) is 0 Å². The Morgan fingerprint density at radius 2 is 1.61 bits per heavy atom. The average molecular weight is 500 g/mol. The summed E-state index contributed by atoms with van der Waals surface area (Å²) in [4.78, 5) is 26.3. The predicted octanol–water partition coefficient (Wildman–Crippen LogP) is 3.76. The second kappa shape index (κ2) is 10.00. The molecule has 0 aliphatic carbocycles. The van der Waals surface area contributed by atoms with Gasteiger partial charge in [-0.2, -0.15) is 5.26 Å². The number of ether oxygens (including phenoxy) is 1. The zero-order valence-electron chi connectivity index (χ0n) is 21.0. The van der Waals surface area contributed by atoms with Gasteiger partial charge in [-0.15, -0.1) is 11.3 Å². The van der Waals surface area contributed by atoms with E-state index in [9.17, 15) is 14.9 Å². The van der Waals surface area contributed by atoms with Crippen LogP contribution in [0.25, 0.3) is 17.5 Å². The summed E-state index contributed by atoms with van der Waals surface area (Å²) in [7, 11) is 1.26. The van der Waals surface area contributed by atoms with Crippen molar-refractivity contribution in [3.63, 3.8) is 0 Å². The van der Waals surface area contributed by atoms with Gasteiger partial charge in [-0.1, -0.05) is 76.2 Å². The first-order valence-corrected chi connectivity index (χ1v) is 12.7. The summed E-state index contributed by atoms with van der Waals surface area (Å²) in [6.45, 7) is 8.44. The number of rotatable bonds is 5. The zero-order valence-corrected chi connectivity index (χ0v) is 21.8. The smallest absolute Gasteiger partial charge is 0.338 e. The van der Waals surface area contributed by atoms with Crippen molar-refractivity contribution in [2.24, 2.45) is 5.73 Å². The highest BCUT2D eigenvalue weighted by molar-refractivity contribution is 7.07. The topological polar surface area (TPSA) is 98.1 Å². The Morgan fingerprint density at radius 1 is 1.06 bits per heavy atom. The maximum atomic E-state index is 13.4. The Bertz CT molecular complexity index is 1560. The summed E-state index contributed by atoms with van der Waals surface area (Å²) in [5.41, 5.74) is 10.4. The van der Waals surface area contributed by atoms with Crippen LogP contribution in [0.2, 0.25) is 0 Å². The molecule has 0 fully saturated rings. The molecular weight excluding hydrogens is 470 g/mol. The van der Waals surface area contributed by atoms with Crippen molar-refractivity contribution in [3.05, 3.63) is 95.9 Å². The SMILES string of the molecule is COC(=O)C1=C(N)n2c(s/c(=C/c3ccc(C(C)C)cc3)c2=O)=C(C#N)[C@@H]1c1ccc(C(C)C)cc1. The minimum atomic E-state index is -0.736. The highest BCUT2D eigenvalue weighted by Gasteiger charge is 2.36. The lowest BCUT2D eigenvalue weighted by Gasteiger charge is -2.25. The Morgan fingerprint density at radius 3 is 2.11 bits per heavy atom. The van der Waals surface area contributed by atoms with Crippen molar-refractivity contribution in [2.75, 3.05) is 7.11 Å². The maximum absolute atomic E-state index is 13.4. The van der Waals surface area contributed by atoms with Gasteiger partial charge in [0.1, 0.15) is 10.5 Å². The van der Waals surface area contributed by atoms with Gasteiger partial charge in [-0.05, 0) is 40.2 Å². The first-order valence-electron chi connectivity index (χ1n) is 11.8. The first kappa shape index (κ1) is 25.2. The maximum Gasteiger partial charge on any atom is 0.338 e. The number of nitrogens with two attached hydrogens (primary N) is 1. The standard InChI is InChI=1S/C29H29N3O3S/c1-16(2)19-8-6-18(7-9-19)14-23-27(33)32-26(31)25(29(34)35-5)24(22(15-30)28(32)36-23)21-12-10-20(11-13-21)17(3)4/h6-14,16-17,24H,31H2,1-5H3/b23-14+/t24-/m0/s1. The number of hydrogen-bond donors (Lipinski definition) is 1. The molecule has 6 nitrogen and oxygen atoms in total. The van der Waals surface area contributed by atoms with Crippen molar-refractivity contribution in [1.82, 2.24) is 4.57 Å². The monoisotopic (exact) mass is 499 g/mol. The van der Waals surface area contributed by atoms with Crippen molar-refractivity contribution in [1.29, 1.82) is 5.26 Å². The lowest BCUT2D eigenvalue weighted by molar-refractivity contribution is -0.136. The molecule has 2 aromatic carbocycles. The third-order valence-electron chi connectivity index (χ3n) is 6.51. The molecular formula is C29H29N3O3S. The van der Waals surface area contributed by atoms with E-state index in [1.54, 1.807) is 6.08 Å². The molecule has 36 heavy (non-hydrogen) atoms. The van der Waals surface area contributed by atoms with E-state index in [-0.39, 0.29) is 17.0 Å². The number of fused-ring (bicyclic) bond motifs is 1. The van der Waals surface area contributed by atoms with Crippen LogP contribution in [0.3, 0.4) is 0 Å². The minimum Gasteiger partial charge on any atom is -0.466 e. The predicted molar refractivity (Wildman–Crippen MR) is 144 cm³/mol. The van der Waals surface area contributed by atoms with E-state index in [1.807, 2.05) is 48.5 Å². The van der Waals surface area contributed by atoms with E-state index >= 15 is 0 Å². The third kappa shape index (κ3) is 4.40. The van der Waals surface area contributed by atoms with Gasteiger partial charge in [0.2, 0.25) is 0 Å². The first-order chi connectivity index (χ1) is 17.2. The van der Waals surface area contributed by atoms with E-state index in [0.717, 1.165) is 16.7 Å². The van der Waals surface area contributed by atoms with Gasteiger partial charge in [0.05, 0.1) is 34.8 Å². The Hall–Kier alpha value is -3.89. The van der Waals surface area contributed by atoms with E-state index in [4.69, 9.17) is 10.5 Å². The van der Waals surface area contributed by atoms with E-state index in [0.29, 0.717) is 26.6 Å². The number of thiazole rings is 1. The van der Waals surface area contributed by atoms with Gasteiger partial charge in [0.15, 0.2) is 0 Å². The molecule has 1 atom stereocenters. The van der Waals surface area contributed by atoms with Crippen molar-refractivity contribution in [3.8, 4) is 6.07 Å². The molecule has 4 rings (SSSR count). The third-order valence-corrected chi connectivity index (χ3v) is 7.62. The lowest BCUT2D eigenvalue weighted by atomic mass is 9.83. The normalized spacial score (nSPS) is 15.9. The van der Waals surface area contributed by atoms with Crippen LogP contribution < -0.4 is 20.5 Å². The molecule has 1 aliphatic rings. The molecule has 2 heterocycles. The van der Waals surface area contributed by atoms with Gasteiger partial charge >= 0.3 is 5.97 Å². The van der Waals surface area contributed by atoms with Gasteiger partial charge in [0.25, 0.3) is 5.56 Å². The van der Waals surface area contributed by atoms with Crippen molar-refractivity contribution >= 4 is 34.8 Å². The fourth-order valence-corrected chi connectivity index (χ4v) is 5.53. The van der Waals surface area contributed by atoms with Crippen LogP contribution in [0.4, 0.5) is 0 Å². The molecule has 0 spiro atoms. The van der Waals surface area contributed by atoms with Crippen LogP contribution in [0.1, 0.15) is 67.7 Å². The molecule has 0 radical (unpaired) electrons. The van der Waals surface area contributed by atoms with Crippen LogP contribution in [0, 0.1) is 11.3 Å². The highest BCUT2D eigenvalue weighted by Crippen LogP contribution is 2.37. The Kier molecular flexibility index (Phi) is 7.00. The summed E-state index contributed by atoms with van der Waals surface area (Å²) in [6.07, 6.45) is 1.79. The number of aromatic nitrogens is 1.